The number of guanidine groups is 1. The van der Waals surface area contributed by atoms with E-state index in [1.807, 2.05) is 0 Å². The van der Waals surface area contributed by atoms with E-state index in [-0.39, 0.29) is 23.9 Å². The Morgan fingerprint density at radius 1 is 1.45 bits per heavy atom. The molecule has 1 aliphatic rings. The number of benzene rings is 1. The number of carbonyl (C=O) groups is 2. The second-order valence-electron chi connectivity index (χ2n) is 8.15. The molecule has 2 rings (SSSR count). The van der Waals surface area contributed by atoms with Crippen molar-refractivity contribution < 1.29 is 28.6 Å². The molecule has 0 saturated carbocycles. The summed E-state index contributed by atoms with van der Waals surface area (Å²) in [6.07, 6.45) is 0.220. The molecule has 1 fully saturated rings. The number of phenolic OH excluding ortho intramolecular Hbond substituents is 1. The summed E-state index contributed by atoms with van der Waals surface area (Å²) in [5, 5.41) is 13.0. The molecule has 0 spiro atoms. The number of ether oxygens (including phenoxy) is 2. The van der Waals surface area contributed by atoms with Gasteiger partial charge in [0.1, 0.15) is 29.0 Å². The van der Waals surface area contributed by atoms with Crippen LogP contribution < -0.4 is 5.32 Å². The molecule has 1 saturated heterocycles. The SMILES string of the molecule is CN(C)C(=NC(=O)OC(C)(C)C)N[C@@]1(c2cc(O)ccc2F)COCCC1C=O. The molecule has 29 heavy (non-hydrogen) atoms. The van der Waals surface area contributed by atoms with Gasteiger partial charge in [-0.25, -0.2) is 9.18 Å². The number of halogens is 1. The fourth-order valence-electron chi connectivity index (χ4n) is 3.12. The van der Waals surface area contributed by atoms with Crippen molar-refractivity contribution in [2.45, 2.75) is 38.3 Å². The number of aromatic hydroxyl groups is 1. The second kappa shape index (κ2) is 8.77. The molecular weight excluding hydrogens is 381 g/mol. The molecular formula is C20H28FN3O5. The van der Waals surface area contributed by atoms with Crippen LogP contribution in [-0.2, 0) is 19.8 Å². The van der Waals surface area contributed by atoms with Crippen molar-refractivity contribution in [3.05, 3.63) is 29.6 Å². The van der Waals surface area contributed by atoms with Crippen molar-refractivity contribution in [3.8, 4) is 5.75 Å². The molecule has 2 N–H and O–H groups in total. The standard InChI is InChI=1S/C20H28FN3O5/c1-19(2,3)29-18(27)22-17(24(4)5)23-20(12-28-9-8-13(20)11-25)15-10-14(26)6-7-16(15)21/h6-7,10-11,13,26H,8-9,12H2,1-5H3,(H,22,23,27)/t13?,20-/m0/s1. The lowest BCUT2D eigenvalue weighted by molar-refractivity contribution is -0.119. The van der Waals surface area contributed by atoms with Gasteiger partial charge < -0.3 is 29.6 Å². The van der Waals surface area contributed by atoms with Crippen LogP contribution in [-0.4, -0.2) is 61.3 Å². The number of hydrogen-bond acceptors (Lipinski definition) is 5. The zero-order chi connectivity index (χ0) is 21.8. The zero-order valence-electron chi connectivity index (χ0n) is 17.4. The Kier molecular flexibility index (Phi) is 6.84. The number of aliphatic imine (C=N–C) groups is 1. The van der Waals surface area contributed by atoms with E-state index in [1.165, 1.54) is 17.0 Å². The minimum absolute atomic E-state index is 0.0491. The second-order valence-corrected chi connectivity index (χ2v) is 8.15. The van der Waals surface area contributed by atoms with Crippen molar-refractivity contribution in [3.63, 3.8) is 0 Å². The minimum Gasteiger partial charge on any atom is -0.508 e. The monoisotopic (exact) mass is 409 g/mol. The third kappa shape index (κ3) is 5.44. The van der Waals surface area contributed by atoms with Crippen LogP contribution in [0.25, 0.3) is 0 Å². The number of rotatable bonds is 3. The van der Waals surface area contributed by atoms with Gasteiger partial charge in [0, 0.05) is 32.2 Å². The lowest BCUT2D eigenvalue weighted by Gasteiger charge is -2.44. The van der Waals surface area contributed by atoms with E-state index in [4.69, 9.17) is 9.47 Å². The summed E-state index contributed by atoms with van der Waals surface area (Å²) in [5.41, 5.74) is -2.06. The largest absolute Gasteiger partial charge is 0.508 e. The maximum atomic E-state index is 14.8. The summed E-state index contributed by atoms with van der Waals surface area (Å²) in [5.74, 6) is -1.40. The van der Waals surface area contributed by atoms with Crippen molar-refractivity contribution in [1.29, 1.82) is 0 Å². The molecule has 160 valence electrons. The Hall–Kier alpha value is -2.68. The molecule has 1 amide bonds. The molecule has 8 nitrogen and oxygen atoms in total. The van der Waals surface area contributed by atoms with Crippen LogP contribution >= 0.6 is 0 Å². The summed E-state index contributed by atoms with van der Waals surface area (Å²) < 4.78 is 25.6. The summed E-state index contributed by atoms with van der Waals surface area (Å²) in [6.45, 7) is 5.41. The van der Waals surface area contributed by atoms with Crippen LogP contribution in [0.3, 0.4) is 0 Å². The van der Waals surface area contributed by atoms with Crippen molar-refractivity contribution >= 4 is 18.3 Å². The maximum Gasteiger partial charge on any atom is 0.437 e. The predicted molar refractivity (Wildman–Crippen MR) is 105 cm³/mol. The number of phenols is 1. The van der Waals surface area contributed by atoms with Crippen molar-refractivity contribution in [2.24, 2.45) is 10.9 Å². The fraction of sp³-hybridized carbons (Fsp3) is 0.550. The molecule has 1 aromatic rings. The van der Waals surface area contributed by atoms with Gasteiger partial charge >= 0.3 is 6.09 Å². The first kappa shape index (κ1) is 22.6. The van der Waals surface area contributed by atoms with Gasteiger partial charge in [-0.2, -0.15) is 0 Å². The molecule has 9 heteroatoms. The van der Waals surface area contributed by atoms with Crippen LogP contribution in [0.15, 0.2) is 23.2 Å². The zero-order valence-corrected chi connectivity index (χ0v) is 17.4. The van der Waals surface area contributed by atoms with Gasteiger partial charge in [-0.1, -0.05) is 0 Å². The Labute approximate surface area is 169 Å². The molecule has 1 heterocycles. The Bertz CT molecular complexity index is 791. The lowest BCUT2D eigenvalue weighted by Crippen LogP contribution is -2.60. The first-order chi connectivity index (χ1) is 13.5. The van der Waals surface area contributed by atoms with E-state index in [1.54, 1.807) is 34.9 Å². The number of nitrogens with zero attached hydrogens (tertiary/aromatic N) is 2. The average molecular weight is 409 g/mol. The highest BCUT2D eigenvalue weighted by Gasteiger charge is 2.46. The minimum atomic E-state index is -1.37. The molecule has 1 aliphatic heterocycles. The van der Waals surface area contributed by atoms with Crippen LogP contribution in [0.1, 0.15) is 32.8 Å². The van der Waals surface area contributed by atoms with Gasteiger partial charge in [0.15, 0.2) is 0 Å². The van der Waals surface area contributed by atoms with Crippen molar-refractivity contribution in [1.82, 2.24) is 10.2 Å². The summed E-state index contributed by atoms with van der Waals surface area (Å²) in [6, 6.07) is 3.58. The smallest absolute Gasteiger partial charge is 0.437 e. The highest BCUT2D eigenvalue weighted by molar-refractivity contribution is 5.91. The lowest BCUT2D eigenvalue weighted by atomic mass is 9.76. The maximum absolute atomic E-state index is 14.8. The number of carbonyl (C=O) groups excluding carboxylic acids is 2. The molecule has 2 atom stereocenters. The van der Waals surface area contributed by atoms with Crippen molar-refractivity contribution in [2.75, 3.05) is 27.3 Å². The van der Waals surface area contributed by atoms with Crippen LogP contribution in [0.5, 0.6) is 5.75 Å². The summed E-state index contributed by atoms with van der Waals surface area (Å²) in [7, 11) is 3.28. The van der Waals surface area contributed by atoms with Gasteiger partial charge in [-0.3, -0.25) is 0 Å². The van der Waals surface area contributed by atoms with E-state index < -0.39 is 29.0 Å². The molecule has 0 radical (unpaired) electrons. The average Bonchev–Trinajstić information content (AvgIpc) is 2.61. The van der Waals surface area contributed by atoms with E-state index in [9.17, 15) is 19.1 Å². The molecule has 1 aromatic carbocycles. The first-order valence-electron chi connectivity index (χ1n) is 9.28. The van der Waals surface area contributed by atoms with Gasteiger partial charge in [0.2, 0.25) is 5.96 Å². The van der Waals surface area contributed by atoms with Crippen LogP contribution in [0.2, 0.25) is 0 Å². The number of nitrogens with one attached hydrogen (secondary N) is 1. The molecule has 0 bridgehead atoms. The normalized spacial score (nSPS) is 22.7. The Balaban J connectivity index is 2.54. The Morgan fingerprint density at radius 3 is 2.72 bits per heavy atom. The van der Waals surface area contributed by atoms with E-state index in [0.29, 0.717) is 13.0 Å². The topological polar surface area (TPSA) is 100 Å². The van der Waals surface area contributed by atoms with E-state index in [2.05, 4.69) is 10.3 Å². The number of hydrogen-bond donors (Lipinski definition) is 2. The van der Waals surface area contributed by atoms with Crippen LogP contribution in [0.4, 0.5) is 9.18 Å². The van der Waals surface area contributed by atoms with Gasteiger partial charge in [-0.15, -0.1) is 4.99 Å². The molecule has 0 aliphatic carbocycles. The summed E-state index contributed by atoms with van der Waals surface area (Å²) >= 11 is 0. The van der Waals surface area contributed by atoms with E-state index in [0.717, 1.165) is 12.4 Å². The first-order valence-corrected chi connectivity index (χ1v) is 9.28. The molecule has 0 aromatic heterocycles. The highest BCUT2D eigenvalue weighted by atomic mass is 19.1. The van der Waals surface area contributed by atoms with E-state index >= 15 is 0 Å². The summed E-state index contributed by atoms with van der Waals surface area (Å²) in [4.78, 5) is 29.6. The quantitative estimate of drug-likeness (QED) is 0.449. The number of aldehydes is 1. The predicted octanol–water partition coefficient (Wildman–Crippen LogP) is 2.40. The third-order valence-corrected chi connectivity index (χ3v) is 4.48. The van der Waals surface area contributed by atoms with Gasteiger partial charge in [0.05, 0.1) is 6.61 Å². The third-order valence-electron chi connectivity index (χ3n) is 4.48. The van der Waals surface area contributed by atoms with Gasteiger partial charge in [-0.05, 0) is 45.4 Å². The fourth-order valence-corrected chi connectivity index (χ4v) is 3.12. The molecule has 1 unspecified atom stereocenters. The highest BCUT2D eigenvalue weighted by Crippen LogP contribution is 2.37. The van der Waals surface area contributed by atoms with Crippen LogP contribution in [0, 0.1) is 11.7 Å². The Morgan fingerprint density at radius 2 is 2.14 bits per heavy atom. The van der Waals surface area contributed by atoms with Gasteiger partial charge in [0.25, 0.3) is 0 Å². The number of amides is 1.